The van der Waals surface area contributed by atoms with Crippen LogP contribution in [0.1, 0.15) is 74.1 Å². The van der Waals surface area contributed by atoms with E-state index in [0.29, 0.717) is 16.9 Å². The minimum atomic E-state index is 0.489. The smallest absolute Gasteiger partial charge is 0.0221 e. The van der Waals surface area contributed by atoms with Gasteiger partial charge in [-0.2, -0.15) is 0 Å². The van der Waals surface area contributed by atoms with E-state index in [1.54, 1.807) is 0 Å². The Labute approximate surface area is 133 Å². The lowest BCUT2D eigenvalue weighted by molar-refractivity contribution is -0.0173. The van der Waals surface area contributed by atoms with E-state index in [9.17, 15) is 0 Å². The van der Waals surface area contributed by atoms with Crippen molar-refractivity contribution in [3.05, 3.63) is 0 Å². The third kappa shape index (κ3) is 4.22. The van der Waals surface area contributed by atoms with Gasteiger partial charge in [0.25, 0.3) is 0 Å². The van der Waals surface area contributed by atoms with E-state index in [1.807, 2.05) is 0 Å². The largest absolute Gasteiger partial charge is 0.311 e. The highest BCUT2D eigenvalue weighted by molar-refractivity contribution is 4.98. The summed E-state index contributed by atoms with van der Waals surface area (Å²) in [5.74, 6) is 0.731. The van der Waals surface area contributed by atoms with Crippen molar-refractivity contribution in [2.45, 2.75) is 92.3 Å². The van der Waals surface area contributed by atoms with Crippen molar-refractivity contribution in [1.29, 1.82) is 0 Å². The van der Waals surface area contributed by atoms with Crippen molar-refractivity contribution >= 4 is 0 Å². The molecule has 1 saturated carbocycles. The second-order valence-electron chi connectivity index (χ2n) is 9.58. The second-order valence-corrected chi connectivity index (χ2v) is 9.58. The molecule has 0 radical (unpaired) electrons. The van der Waals surface area contributed by atoms with Crippen LogP contribution < -0.4 is 5.32 Å². The second kappa shape index (κ2) is 6.20. The van der Waals surface area contributed by atoms with Gasteiger partial charge in [0.2, 0.25) is 0 Å². The monoisotopic (exact) mass is 294 g/mol. The van der Waals surface area contributed by atoms with Gasteiger partial charge in [0.1, 0.15) is 0 Å². The van der Waals surface area contributed by atoms with Gasteiger partial charge in [0.15, 0.2) is 0 Å². The average Bonchev–Trinajstić information content (AvgIpc) is 2.34. The lowest BCUT2D eigenvalue weighted by atomic mass is 9.63. The predicted molar refractivity (Wildman–Crippen MR) is 92.6 cm³/mol. The highest BCUT2D eigenvalue weighted by Gasteiger charge is 2.43. The zero-order valence-corrected chi connectivity index (χ0v) is 15.5. The van der Waals surface area contributed by atoms with Crippen LogP contribution in [0.5, 0.6) is 0 Å². The Kier molecular flexibility index (Phi) is 5.10. The summed E-state index contributed by atoms with van der Waals surface area (Å²) in [6, 6.07) is 2.17. The molecule has 1 aliphatic heterocycles. The highest BCUT2D eigenvalue weighted by Crippen LogP contribution is 2.47. The molecule has 2 heteroatoms. The van der Waals surface area contributed by atoms with Crippen molar-refractivity contribution < 1.29 is 0 Å². The molecule has 0 amide bonds. The number of piperazine rings is 1. The van der Waals surface area contributed by atoms with Crippen molar-refractivity contribution in [3.63, 3.8) is 0 Å². The first-order valence-electron chi connectivity index (χ1n) is 9.13. The fourth-order valence-corrected chi connectivity index (χ4v) is 5.14. The van der Waals surface area contributed by atoms with Crippen molar-refractivity contribution in [3.8, 4) is 0 Å². The molecule has 0 aromatic heterocycles. The summed E-state index contributed by atoms with van der Waals surface area (Å²) < 4.78 is 0. The van der Waals surface area contributed by atoms with Crippen LogP contribution in [0.3, 0.4) is 0 Å². The number of nitrogens with one attached hydrogen (secondary N) is 1. The fraction of sp³-hybridized carbons (Fsp3) is 1.00. The Morgan fingerprint density at radius 3 is 2.14 bits per heavy atom. The van der Waals surface area contributed by atoms with Crippen molar-refractivity contribution in [2.24, 2.45) is 16.7 Å². The summed E-state index contributed by atoms with van der Waals surface area (Å²) in [5, 5.41) is 3.79. The maximum absolute atomic E-state index is 3.79. The van der Waals surface area contributed by atoms with E-state index >= 15 is 0 Å². The molecule has 1 aliphatic carbocycles. The van der Waals surface area contributed by atoms with Gasteiger partial charge in [-0.3, -0.25) is 4.90 Å². The van der Waals surface area contributed by atoms with E-state index in [1.165, 1.54) is 38.8 Å². The van der Waals surface area contributed by atoms with Crippen LogP contribution in [0.4, 0.5) is 0 Å². The number of rotatable bonds is 3. The quantitative estimate of drug-likeness (QED) is 0.835. The van der Waals surface area contributed by atoms with Crippen LogP contribution in [0.2, 0.25) is 0 Å². The van der Waals surface area contributed by atoms with Crippen molar-refractivity contribution in [2.75, 3.05) is 13.1 Å². The van der Waals surface area contributed by atoms with Crippen LogP contribution in [-0.2, 0) is 0 Å². The zero-order chi connectivity index (χ0) is 15.8. The molecular formula is C19H38N2. The fourth-order valence-electron chi connectivity index (χ4n) is 5.14. The molecule has 2 atom stereocenters. The SMILES string of the molecule is CCC1CNC(C(C)C)CN1C1CC(C)(C)CC(C)(C)C1. The first-order chi connectivity index (χ1) is 9.63. The van der Waals surface area contributed by atoms with Crippen molar-refractivity contribution in [1.82, 2.24) is 10.2 Å². The number of hydrogen-bond acceptors (Lipinski definition) is 2. The zero-order valence-electron chi connectivity index (χ0n) is 15.5. The summed E-state index contributed by atoms with van der Waals surface area (Å²) >= 11 is 0. The molecule has 2 nitrogen and oxygen atoms in total. The molecule has 0 aromatic carbocycles. The summed E-state index contributed by atoms with van der Waals surface area (Å²) in [7, 11) is 0. The van der Waals surface area contributed by atoms with Crippen LogP contribution >= 0.6 is 0 Å². The van der Waals surface area contributed by atoms with Gasteiger partial charge >= 0.3 is 0 Å². The van der Waals surface area contributed by atoms with E-state index < -0.39 is 0 Å². The third-order valence-electron chi connectivity index (χ3n) is 5.77. The lowest BCUT2D eigenvalue weighted by Gasteiger charge is -2.53. The van der Waals surface area contributed by atoms with Crippen LogP contribution in [-0.4, -0.2) is 36.1 Å². The Balaban J connectivity index is 2.15. The minimum Gasteiger partial charge on any atom is -0.311 e. The van der Waals surface area contributed by atoms with Crippen LogP contribution in [0.25, 0.3) is 0 Å². The molecule has 2 unspecified atom stereocenters. The Bertz CT molecular complexity index is 329. The molecule has 0 bridgehead atoms. The lowest BCUT2D eigenvalue weighted by Crippen LogP contribution is -2.62. The molecule has 1 saturated heterocycles. The van der Waals surface area contributed by atoms with Gasteiger partial charge in [0.05, 0.1) is 0 Å². The molecule has 2 fully saturated rings. The van der Waals surface area contributed by atoms with Gasteiger partial charge < -0.3 is 5.32 Å². The van der Waals surface area contributed by atoms with Gasteiger partial charge in [0, 0.05) is 31.2 Å². The molecule has 0 aromatic rings. The Morgan fingerprint density at radius 2 is 1.67 bits per heavy atom. The Morgan fingerprint density at radius 1 is 1.10 bits per heavy atom. The predicted octanol–water partition coefficient (Wildman–Crippen LogP) is 4.30. The van der Waals surface area contributed by atoms with E-state index in [2.05, 4.69) is 58.7 Å². The van der Waals surface area contributed by atoms with E-state index in [0.717, 1.165) is 18.0 Å². The molecule has 1 heterocycles. The minimum absolute atomic E-state index is 0.489. The van der Waals surface area contributed by atoms with Crippen LogP contribution in [0, 0.1) is 16.7 Å². The summed E-state index contributed by atoms with van der Waals surface area (Å²) in [5.41, 5.74) is 0.978. The van der Waals surface area contributed by atoms with Gasteiger partial charge in [-0.05, 0) is 42.4 Å². The first-order valence-corrected chi connectivity index (χ1v) is 9.13. The molecule has 0 spiro atoms. The first kappa shape index (κ1) is 17.3. The normalized spacial score (nSPS) is 34.3. The number of hydrogen-bond donors (Lipinski definition) is 1. The summed E-state index contributed by atoms with van der Waals surface area (Å²) in [6.07, 6.45) is 5.39. The molecular weight excluding hydrogens is 256 g/mol. The maximum atomic E-state index is 3.79. The molecule has 1 N–H and O–H groups in total. The Hall–Kier alpha value is -0.0800. The highest BCUT2D eigenvalue weighted by atomic mass is 15.3. The average molecular weight is 295 g/mol. The molecule has 21 heavy (non-hydrogen) atoms. The van der Waals surface area contributed by atoms with Gasteiger partial charge in [-0.1, -0.05) is 48.5 Å². The molecule has 2 aliphatic rings. The summed E-state index contributed by atoms with van der Waals surface area (Å²) in [6.45, 7) is 19.4. The standard InChI is InChI=1S/C19H38N2/c1-8-15-11-20-17(14(2)3)12-21(15)16-9-18(4,5)13-19(6,7)10-16/h14-17,20H,8-13H2,1-7H3. The van der Waals surface area contributed by atoms with E-state index in [-0.39, 0.29) is 0 Å². The van der Waals surface area contributed by atoms with Gasteiger partial charge in [-0.25, -0.2) is 0 Å². The third-order valence-corrected chi connectivity index (χ3v) is 5.77. The molecule has 124 valence electrons. The van der Waals surface area contributed by atoms with E-state index in [4.69, 9.17) is 0 Å². The van der Waals surface area contributed by atoms with Crippen LogP contribution in [0.15, 0.2) is 0 Å². The van der Waals surface area contributed by atoms with Gasteiger partial charge in [-0.15, -0.1) is 0 Å². The molecule has 2 rings (SSSR count). The topological polar surface area (TPSA) is 15.3 Å². The number of nitrogens with zero attached hydrogens (tertiary/aromatic N) is 1. The maximum Gasteiger partial charge on any atom is 0.0221 e. The summed E-state index contributed by atoms with van der Waals surface area (Å²) in [4.78, 5) is 2.88.